The van der Waals surface area contributed by atoms with E-state index in [4.69, 9.17) is 4.74 Å². The Balaban J connectivity index is 2.68. The average molecular weight is 203 g/mol. The molecule has 0 saturated heterocycles. The Kier molecular flexibility index (Phi) is 2.11. The summed E-state index contributed by atoms with van der Waals surface area (Å²) in [5.74, 6) is -0.345. The molecule has 0 bridgehead atoms. The molecule has 1 aromatic heterocycles. The Morgan fingerprint density at radius 3 is 2.60 bits per heavy atom. The van der Waals surface area contributed by atoms with E-state index in [1.807, 2.05) is 0 Å². The summed E-state index contributed by atoms with van der Waals surface area (Å²) in [6.07, 6.45) is 2.89. The molecule has 0 saturated carbocycles. The predicted octanol–water partition coefficient (Wildman–Crippen LogP) is 1.38. The molecule has 0 radical (unpaired) electrons. The number of rotatable bonds is 1. The second kappa shape index (κ2) is 3.31. The summed E-state index contributed by atoms with van der Waals surface area (Å²) in [5.41, 5.74) is 1.06. The van der Waals surface area contributed by atoms with E-state index >= 15 is 0 Å². The van der Waals surface area contributed by atoms with Crippen LogP contribution in [0.15, 0.2) is 29.8 Å². The Labute approximate surface area is 86.6 Å². The van der Waals surface area contributed by atoms with Crippen LogP contribution in [0.1, 0.15) is 27.6 Å². The molecular weight excluding hydrogens is 194 g/mol. The molecule has 15 heavy (non-hydrogen) atoms. The lowest BCUT2D eigenvalue weighted by molar-refractivity contribution is 0.0906. The van der Waals surface area contributed by atoms with Gasteiger partial charge in [0.25, 0.3) is 0 Å². The Morgan fingerprint density at radius 1 is 1.20 bits per heavy atom. The molecule has 0 spiro atoms. The molecular formula is C11H9NO3. The highest BCUT2D eigenvalue weighted by Gasteiger charge is 2.30. The normalized spacial score (nSPS) is 15.3. The highest BCUT2D eigenvalue weighted by Crippen LogP contribution is 2.25. The minimum absolute atomic E-state index is 0.112. The molecule has 0 aromatic carbocycles. The summed E-state index contributed by atoms with van der Waals surface area (Å²) in [7, 11) is 1.38. The Morgan fingerprint density at radius 2 is 1.93 bits per heavy atom. The van der Waals surface area contributed by atoms with Gasteiger partial charge in [-0.3, -0.25) is 14.6 Å². The van der Waals surface area contributed by atoms with Crippen LogP contribution in [0.4, 0.5) is 0 Å². The molecule has 2 rings (SSSR count). The van der Waals surface area contributed by atoms with E-state index in [9.17, 15) is 9.59 Å². The molecule has 76 valence electrons. The van der Waals surface area contributed by atoms with Crippen LogP contribution in [0.5, 0.6) is 0 Å². The van der Waals surface area contributed by atoms with Crippen molar-refractivity contribution in [1.82, 2.24) is 4.98 Å². The third kappa shape index (κ3) is 1.26. The number of fused-ring (bicyclic) bond motifs is 1. The topological polar surface area (TPSA) is 56.3 Å². The molecule has 1 aliphatic rings. The minimum Gasteiger partial charge on any atom is -0.492 e. The molecule has 0 fully saturated rings. The summed E-state index contributed by atoms with van der Waals surface area (Å²) in [6, 6.07) is 1.55. The third-order valence-electron chi connectivity index (χ3n) is 2.40. The van der Waals surface area contributed by atoms with Crippen LogP contribution in [-0.4, -0.2) is 23.7 Å². The van der Waals surface area contributed by atoms with Crippen molar-refractivity contribution in [2.24, 2.45) is 0 Å². The van der Waals surface area contributed by atoms with E-state index in [2.05, 4.69) is 4.98 Å². The quantitative estimate of drug-likeness (QED) is 0.691. The summed E-state index contributed by atoms with van der Waals surface area (Å²) >= 11 is 0. The average Bonchev–Trinajstić information content (AvgIpc) is 2.27. The van der Waals surface area contributed by atoms with Crippen molar-refractivity contribution in [2.75, 3.05) is 7.11 Å². The number of ether oxygens (including phenoxy) is 1. The molecule has 0 N–H and O–H groups in total. The van der Waals surface area contributed by atoms with Gasteiger partial charge in [-0.15, -0.1) is 0 Å². The fraction of sp³-hybridized carbons (Fsp3) is 0.182. The van der Waals surface area contributed by atoms with Crippen molar-refractivity contribution in [1.29, 1.82) is 0 Å². The first-order chi connectivity index (χ1) is 7.16. The van der Waals surface area contributed by atoms with E-state index in [1.54, 1.807) is 13.0 Å². The first kappa shape index (κ1) is 9.58. The zero-order chi connectivity index (χ0) is 11.0. The van der Waals surface area contributed by atoms with E-state index in [0.29, 0.717) is 16.7 Å². The number of methoxy groups -OCH3 is 1. The second-order valence-electron chi connectivity index (χ2n) is 3.24. The maximum absolute atomic E-state index is 11.8. The largest absolute Gasteiger partial charge is 0.492 e. The smallest absolute Gasteiger partial charge is 0.230 e. The maximum Gasteiger partial charge on any atom is 0.230 e. The summed E-state index contributed by atoms with van der Waals surface area (Å²) in [5, 5.41) is 0. The van der Waals surface area contributed by atoms with Gasteiger partial charge in [-0.1, -0.05) is 0 Å². The zero-order valence-corrected chi connectivity index (χ0v) is 8.40. The number of ketones is 2. The van der Waals surface area contributed by atoms with Crippen molar-refractivity contribution in [2.45, 2.75) is 6.92 Å². The lowest BCUT2D eigenvalue weighted by Crippen LogP contribution is -2.21. The van der Waals surface area contributed by atoms with Gasteiger partial charge in [-0.25, -0.2) is 0 Å². The van der Waals surface area contributed by atoms with Crippen molar-refractivity contribution >= 4 is 11.6 Å². The SMILES string of the molecule is COC1=C(C)C(=O)c2ccncc2C1=O. The van der Waals surface area contributed by atoms with E-state index < -0.39 is 0 Å². The van der Waals surface area contributed by atoms with Crippen LogP contribution in [0.25, 0.3) is 0 Å². The molecule has 0 aliphatic heterocycles. The number of allylic oxidation sites excluding steroid dienone is 2. The first-order valence-electron chi connectivity index (χ1n) is 4.45. The van der Waals surface area contributed by atoms with Gasteiger partial charge in [0.15, 0.2) is 11.5 Å². The fourth-order valence-electron chi connectivity index (χ4n) is 1.62. The molecule has 0 amide bonds. The molecule has 0 unspecified atom stereocenters. The summed E-state index contributed by atoms with van der Waals surface area (Å²) in [4.78, 5) is 27.5. The summed E-state index contributed by atoms with van der Waals surface area (Å²) < 4.78 is 4.92. The molecule has 1 heterocycles. The lowest BCUT2D eigenvalue weighted by atomic mass is 9.90. The molecule has 4 heteroatoms. The number of carbonyl (C=O) groups is 2. The minimum atomic E-state index is -0.280. The molecule has 1 aromatic rings. The van der Waals surface area contributed by atoms with Crippen molar-refractivity contribution in [3.8, 4) is 0 Å². The number of pyridine rings is 1. The van der Waals surface area contributed by atoms with E-state index in [0.717, 1.165) is 0 Å². The Hall–Kier alpha value is -1.97. The van der Waals surface area contributed by atoms with Crippen LogP contribution >= 0.6 is 0 Å². The van der Waals surface area contributed by atoms with Gasteiger partial charge in [-0.05, 0) is 13.0 Å². The second-order valence-corrected chi connectivity index (χ2v) is 3.24. The van der Waals surface area contributed by atoms with Crippen molar-refractivity contribution in [3.63, 3.8) is 0 Å². The van der Waals surface area contributed by atoms with Gasteiger partial charge >= 0.3 is 0 Å². The number of nitrogens with zero attached hydrogens (tertiary/aromatic N) is 1. The molecule has 0 atom stereocenters. The van der Waals surface area contributed by atoms with Crippen LogP contribution in [-0.2, 0) is 4.74 Å². The fourth-order valence-corrected chi connectivity index (χ4v) is 1.62. The number of hydrogen-bond donors (Lipinski definition) is 0. The van der Waals surface area contributed by atoms with E-state index in [1.165, 1.54) is 19.5 Å². The van der Waals surface area contributed by atoms with Gasteiger partial charge < -0.3 is 4.74 Å². The van der Waals surface area contributed by atoms with Crippen molar-refractivity contribution < 1.29 is 14.3 Å². The van der Waals surface area contributed by atoms with E-state index in [-0.39, 0.29) is 17.3 Å². The molecule has 1 aliphatic carbocycles. The van der Waals surface area contributed by atoms with Crippen LogP contribution in [0.2, 0.25) is 0 Å². The zero-order valence-electron chi connectivity index (χ0n) is 8.40. The number of Topliss-reactive ketones (excluding diaryl/α,β-unsaturated/α-hetero) is 2. The van der Waals surface area contributed by atoms with Gasteiger partial charge in [0, 0.05) is 23.5 Å². The maximum atomic E-state index is 11.8. The molecule has 4 nitrogen and oxygen atoms in total. The lowest BCUT2D eigenvalue weighted by Gasteiger charge is -2.16. The van der Waals surface area contributed by atoms with Gasteiger partial charge in [0.1, 0.15) is 0 Å². The summed E-state index contributed by atoms with van der Waals surface area (Å²) in [6.45, 7) is 1.59. The Bertz CT molecular complexity index is 488. The third-order valence-corrected chi connectivity index (χ3v) is 2.40. The standard InChI is InChI=1S/C11H9NO3/c1-6-9(13)7-3-4-12-5-8(7)10(14)11(6)15-2/h3-5H,1-2H3. The first-order valence-corrected chi connectivity index (χ1v) is 4.45. The van der Waals surface area contributed by atoms with Gasteiger partial charge in [0.05, 0.1) is 12.7 Å². The number of carbonyl (C=O) groups excluding carboxylic acids is 2. The van der Waals surface area contributed by atoms with Crippen LogP contribution < -0.4 is 0 Å². The predicted molar refractivity (Wildman–Crippen MR) is 52.6 cm³/mol. The van der Waals surface area contributed by atoms with Crippen LogP contribution in [0.3, 0.4) is 0 Å². The van der Waals surface area contributed by atoms with Gasteiger partial charge in [-0.2, -0.15) is 0 Å². The monoisotopic (exact) mass is 203 g/mol. The van der Waals surface area contributed by atoms with Gasteiger partial charge in [0.2, 0.25) is 5.78 Å². The number of hydrogen-bond acceptors (Lipinski definition) is 4. The highest BCUT2D eigenvalue weighted by molar-refractivity contribution is 6.25. The van der Waals surface area contributed by atoms with Crippen LogP contribution in [0, 0.1) is 0 Å². The number of aromatic nitrogens is 1. The van der Waals surface area contributed by atoms with Crippen molar-refractivity contribution in [3.05, 3.63) is 40.9 Å². The highest BCUT2D eigenvalue weighted by atomic mass is 16.5.